The number of anilines is 2. The Morgan fingerprint density at radius 3 is 2.58 bits per heavy atom. The third-order valence-electron chi connectivity index (χ3n) is 3.43. The normalized spacial score (nSPS) is 10.4. The number of rotatable bonds is 4. The number of carboxylic acids is 1. The zero-order chi connectivity index (χ0) is 17.1. The first-order valence-corrected chi connectivity index (χ1v) is 7.26. The Labute approximate surface area is 138 Å². The SMILES string of the molecule is Cc1cnc(-c2ccnc(Nc3cc(C(=O)O)ccc3C)n2)cn1. The Hall–Kier alpha value is -3.35. The summed E-state index contributed by atoms with van der Waals surface area (Å²) in [5, 5.41) is 12.2. The summed E-state index contributed by atoms with van der Waals surface area (Å²) in [7, 11) is 0. The Bertz CT molecular complexity index is 894. The van der Waals surface area contributed by atoms with Crippen molar-refractivity contribution in [1.82, 2.24) is 19.9 Å². The molecule has 0 spiro atoms. The van der Waals surface area contributed by atoms with E-state index in [9.17, 15) is 4.79 Å². The van der Waals surface area contributed by atoms with Crippen molar-refractivity contribution in [1.29, 1.82) is 0 Å². The summed E-state index contributed by atoms with van der Waals surface area (Å²) >= 11 is 0. The van der Waals surface area contributed by atoms with Crippen molar-refractivity contribution in [3.8, 4) is 11.4 Å². The third-order valence-corrected chi connectivity index (χ3v) is 3.43. The average Bonchev–Trinajstić information content (AvgIpc) is 2.57. The van der Waals surface area contributed by atoms with E-state index in [0.717, 1.165) is 11.3 Å². The topological polar surface area (TPSA) is 101 Å². The van der Waals surface area contributed by atoms with E-state index in [0.29, 0.717) is 23.0 Å². The van der Waals surface area contributed by atoms with Crippen LogP contribution in [0.1, 0.15) is 21.6 Å². The van der Waals surface area contributed by atoms with Crippen molar-refractivity contribution in [3.05, 3.63) is 59.7 Å². The Morgan fingerprint density at radius 1 is 1.04 bits per heavy atom. The number of hydrogen-bond acceptors (Lipinski definition) is 6. The number of hydrogen-bond donors (Lipinski definition) is 2. The van der Waals surface area contributed by atoms with Crippen molar-refractivity contribution in [2.24, 2.45) is 0 Å². The van der Waals surface area contributed by atoms with Crippen LogP contribution in [0.4, 0.5) is 11.6 Å². The second kappa shape index (κ2) is 6.41. The maximum absolute atomic E-state index is 11.1. The van der Waals surface area contributed by atoms with Crippen LogP contribution in [-0.2, 0) is 0 Å². The summed E-state index contributed by atoms with van der Waals surface area (Å²) in [6, 6.07) is 6.59. The summed E-state index contributed by atoms with van der Waals surface area (Å²) in [4.78, 5) is 28.2. The molecule has 2 aromatic heterocycles. The van der Waals surface area contributed by atoms with Gasteiger partial charge in [-0.3, -0.25) is 9.97 Å². The van der Waals surface area contributed by atoms with Crippen LogP contribution in [-0.4, -0.2) is 31.0 Å². The minimum absolute atomic E-state index is 0.198. The van der Waals surface area contributed by atoms with Gasteiger partial charge in [-0.2, -0.15) is 0 Å². The Morgan fingerprint density at radius 2 is 1.88 bits per heavy atom. The number of carboxylic acid groups (broad SMARTS) is 1. The minimum atomic E-state index is -0.984. The van der Waals surface area contributed by atoms with Crippen LogP contribution < -0.4 is 5.32 Å². The van der Waals surface area contributed by atoms with Gasteiger partial charge in [0.1, 0.15) is 5.69 Å². The van der Waals surface area contributed by atoms with Gasteiger partial charge < -0.3 is 10.4 Å². The molecule has 0 radical (unpaired) electrons. The van der Waals surface area contributed by atoms with Gasteiger partial charge in [0.2, 0.25) is 5.95 Å². The predicted molar refractivity (Wildman–Crippen MR) is 89.2 cm³/mol. The van der Waals surface area contributed by atoms with E-state index >= 15 is 0 Å². The highest BCUT2D eigenvalue weighted by atomic mass is 16.4. The zero-order valence-corrected chi connectivity index (χ0v) is 13.2. The van der Waals surface area contributed by atoms with Crippen LogP contribution in [0.15, 0.2) is 42.9 Å². The molecule has 0 amide bonds. The zero-order valence-electron chi connectivity index (χ0n) is 13.2. The van der Waals surface area contributed by atoms with Crippen molar-refractivity contribution >= 4 is 17.6 Å². The molecule has 0 saturated heterocycles. The molecule has 0 bridgehead atoms. The van der Waals surface area contributed by atoms with Crippen LogP contribution in [0.25, 0.3) is 11.4 Å². The lowest BCUT2D eigenvalue weighted by molar-refractivity contribution is 0.0697. The van der Waals surface area contributed by atoms with E-state index in [4.69, 9.17) is 5.11 Å². The number of nitrogens with one attached hydrogen (secondary N) is 1. The smallest absolute Gasteiger partial charge is 0.335 e. The molecule has 0 aliphatic rings. The second-order valence-electron chi connectivity index (χ2n) is 5.27. The van der Waals surface area contributed by atoms with Crippen molar-refractivity contribution in [2.75, 3.05) is 5.32 Å². The fourth-order valence-corrected chi connectivity index (χ4v) is 2.10. The van der Waals surface area contributed by atoms with E-state index in [1.165, 1.54) is 0 Å². The van der Waals surface area contributed by atoms with Gasteiger partial charge in [-0.25, -0.2) is 14.8 Å². The lowest BCUT2D eigenvalue weighted by atomic mass is 10.1. The Kier molecular flexibility index (Phi) is 4.15. The molecule has 0 atom stereocenters. The summed E-state index contributed by atoms with van der Waals surface area (Å²) in [5.74, 6) is -0.622. The number of benzene rings is 1. The molecule has 0 saturated carbocycles. The fraction of sp³-hybridized carbons (Fsp3) is 0.118. The molecule has 2 N–H and O–H groups in total. The van der Waals surface area contributed by atoms with Crippen LogP contribution in [0.2, 0.25) is 0 Å². The molecular formula is C17H15N5O2. The van der Waals surface area contributed by atoms with Crippen LogP contribution in [0.5, 0.6) is 0 Å². The number of carbonyl (C=O) groups is 1. The maximum atomic E-state index is 11.1. The minimum Gasteiger partial charge on any atom is -0.478 e. The van der Waals surface area contributed by atoms with Gasteiger partial charge in [0.15, 0.2) is 0 Å². The monoisotopic (exact) mass is 321 g/mol. The number of aryl methyl sites for hydroxylation is 2. The van der Waals surface area contributed by atoms with Crippen molar-refractivity contribution < 1.29 is 9.90 Å². The van der Waals surface area contributed by atoms with E-state index < -0.39 is 5.97 Å². The van der Waals surface area contributed by atoms with E-state index in [1.54, 1.807) is 42.9 Å². The molecule has 120 valence electrons. The highest BCUT2D eigenvalue weighted by molar-refractivity contribution is 5.89. The first-order valence-electron chi connectivity index (χ1n) is 7.26. The molecule has 7 nitrogen and oxygen atoms in total. The van der Waals surface area contributed by atoms with Gasteiger partial charge in [-0.1, -0.05) is 6.07 Å². The van der Waals surface area contributed by atoms with Crippen molar-refractivity contribution in [3.63, 3.8) is 0 Å². The molecule has 0 fully saturated rings. The molecule has 7 heteroatoms. The molecule has 2 heterocycles. The standard InChI is InChI=1S/C17H15N5O2/c1-10-3-4-12(16(23)24)7-14(10)22-17-18-6-5-13(21-17)15-9-19-11(2)8-20-15/h3-9H,1-2H3,(H,23,24)(H,18,21,22). The molecule has 0 aliphatic heterocycles. The highest BCUT2D eigenvalue weighted by Gasteiger charge is 2.09. The van der Waals surface area contributed by atoms with Crippen molar-refractivity contribution in [2.45, 2.75) is 13.8 Å². The van der Waals surface area contributed by atoms with Gasteiger partial charge >= 0.3 is 5.97 Å². The van der Waals surface area contributed by atoms with Crippen LogP contribution in [0.3, 0.4) is 0 Å². The average molecular weight is 321 g/mol. The van der Waals surface area contributed by atoms with Gasteiger partial charge in [0.25, 0.3) is 0 Å². The molecule has 3 aromatic rings. The highest BCUT2D eigenvalue weighted by Crippen LogP contribution is 2.21. The van der Waals surface area contributed by atoms with Crippen LogP contribution >= 0.6 is 0 Å². The summed E-state index contributed by atoms with van der Waals surface area (Å²) in [6.07, 6.45) is 4.94. The molecule has 0 aliphatic carbocycles. The van der Waals surface area contributed by atoms with Gasteiger partial charge in [-0.15, -0.1) is 0 Å². The lowest BCUT2D eigenvalue weighted by Gasteiger charge is -2.10. The number of aromatic carboxylic acids is 1. The first-order chi connectivity index (χ1) is 11.5. The lowest BCUT2D eigenvalue weighted by Crippen LogP contribution is -2.03. The second-order valence-corrected chi connectivity index (χ2v) is 5.27. The maximum Gasteiger partial charge on any atom is 0.335 e. The fourth-order valence-electron chi connectivity index (χ4n) is 2.10. The van der Waals surface area contributed by atoms with E-state index in [2.05, 4.69) is 25.3 Å². The van der Waals surface area contributed by atoms with E-state index in [1.807, 2.05) is 13.8 Å². The molecule has 24 heavy (non-hydrogen) atoms. The quantitative estimate of drug-likeness (QED) is 0.761. The predicted octanol–water partition coefficient (Wildman–Crippen LogP) is 2.99. The third kappa shape index (κ3) is 3.35. The van der Waals surface area contributed by atoms with Crippen LogP contribution in [0, 0.1) is 13.8 Å². The number of aromatic nitrogens is 4. The molecule has 1 aromatic carbocycles. The summed E-state index contributed by atoms with van der Waals surface area (Å²) in [6.45, 7) is 3.74. The van der Waals surface area contributed by atoms with Gasteiger partial charge in [0.05, 0.1) is 23.1 Å². The molecule has 3 rings (SSSR count). The largest absolute Gasteiger partial charge is 0.478 e. The van der Waals surface area contributed by atoms with Gasteiger partial charge in [-0.05, 0) is 37.6 Å². The summed E-state index contributed by atoms with van der Waals surface area (Å²) < 4.78 is 0. The molecule has 0 unspecified atom stereocenters. The number of nitrogens with zero attached hydrogens (tertiary/aromatic N) is 4. The first kappa shape index (κ1) is 15.5. The van der Waals surface area contributed by atoms with Gasteiger partial charge in [0, 0.05) is 18.1 Å². The van der Waals surface area contributed by atoms with E-state index in [-0.39, 0.29) is 5.56 Å². The Balaban J connectivity index is 1.91. The summed E-state index contributed by atoms with van der Waals surface area (Å²) in [5.41, 5.74) is 3.83. The molecular weight excluding hydrogens is 306 g/mol.